The van der Waals surface area contributed by atoms with Crippen molar-refractivity contribution in [3.8, 4) is 0 Å². The Labute approximate surface area is 235 Å². The highest BCUT2D eigenvalue weighted by Crippen LogP contribution is 2.46. The number of thioether (sulfide) groups is 1. The number of benzene rings is 1. The summed E-state index contributed by atoms with van der Waals surface area (Å²) in [7, 11) is 0. The van der Waals surface area contributed by atoms with E-state index in [4.69, 9.17) is 14.5 Å². The number of rotatable bonds is 6. The van der Waals surface area contributed by atoms with Crippen LogP contribution in [0.4, 0.5) is 0 Å². The van der Waals surface area contributed by atoms with Crippen LogP contribution in [0.3, 0.4) is 0 Å². The maximum atomic E-state index is 13.6. The molecule has 1 saturated heterocycles. The molecule has 0 N–H and O–H groups in total. The molecule has 0 bridgehead atoms. The first-order valence-corrected chi connectivity index (χ1v) is 14.5. The quantitative estimate of drug-likeness (QED) is 0.435. The molecule has 0 spiro atoms. The van der Waals surface area contributed by atoms with Crippen molar-refractivity contribution >= 4 is 34.8 Å². The zero-order valence-electron chi connectivity index (χ0n) is 24.0. The van der Waals surface area contributed by atoms with Crippen LogP contribution >= 0.6 is 11.8 Å². The van der Waals surface area contributed by atoms with E-state index in [2.05, 4.69) is 18.2 Å². The molecule has 3 aliphatic heterocycles. The van der Waals surface area contributed by atoms with Gasteiger partial charge in [-0.05, 0) is 77.8 Å². The molecule has 1 aromatic rings. The van der Waals surface area contributed by atoms with Crippen molar-refractivity contribution in [2.75, 3.05) is 19.7 Å². The van der Waals surface area contributed by atoms with E-state index in [1.165, 1.54) is 11.8 Å². The highest BCUT2D eigenvalue weighted by Gasteiger charge is 2.43. The molecular formula is C30H39N3O5S. The maximum Gasteiger partial charge on any atom is 0.338 e. The molecule has 39 heavy (non-hydrogen) atoms. The Balaban J connectivity index is 1.66. The monoisotopic (exact) mass is 553 g/mol. The summed E-state index contributed by atoms with van der Waals surface area (Å²) in [5, 5.41) is 2.68. The Bertz CT molecular complexity index is 1260. The number of fused-ring (bicyclic) bond motifs is 1. The van der Waals surface area contributed by atoms with Gasteiger partial charge < -0.3 is 19.3 Å². The third-order valence-corrected chi connectivity index (χ3v) is 7.96. The lowest BCUT2D eigenvalue weighted by Gasteiger charge is -2.38. The summed E-state index contributed by atoms with van der Waals surface area (Å²) in [6, 6.07) is 5.72. The number of likely N-dealkylation sites (tertiary alicyclic amines) is 1. The topological polar surface area (TPSA) is 88.5 Å². The van der Waals surface area contributed by atoms with E-state index in [0.29, 0.717) is 31.0 Å². The smallest absolute Gasteiger partial charge is 0.338 e. The maximum absolute atomic E-state index is 13.6. The minimum atomic E-state index is -0.668. The summed E-state index contributed by atoms with van der Waals surface area (Å²) in [5.74, 6) is -1.01. The lowest BCUT2D eigenvalue weighted by molar-refractivity contribution is -0.152. The van der Waals surface area contributed by atoms with E-state index in [0.717, 1.165) is 40.4 Å². The number of piperidine rings is 1. The third kappa shape index (κ3) is 6.40. The van der Waals surface area contributed by atoms with Crippen LogP contribution in [0.2, 0.25) is 0 Å². The molecule has 3 heterocycles. The van der Waals surface area contributed by atoms with E-state index in [9.17, 15) is 14.4 Å². The summed E-state index contributed by atoms with van der Waals surface area (Å²) in [6.45, 7) is 14.5. The van der Waals surface area contributed by atoms with Crippen LogP contribution < -0.4 is 0 Å². The molecule has 4 rings (SSSR count). The molecule has 1 amide bonds. The van der Waals surface area contributed by atoms with Gasteiger partial charge in [-0.15, -0.1) is 0 Å². The number of carbonyl (C=O) groups excluding carboxylic acids is 3. The fourth-order valence-corrected chi connectivity index (χ4v) is 6.20. The van der Waals surface area contributed by atoms with Crippen LogP contribution in [-0.2, 0) is 23.9 Å². The van der Waals surface area contributed by atoms with Crippen molar-refractivity contribution in [3.63, 3.8) is 0 Å². The van der Waals surface area contributed by atoms with E-state index >= 15 is 0 Å². The highest BCUT2D eigenvalue weighted by molar-refractivity contribution is 8.16. The molecule has 3 aliphatic rings. The third-order valence-electron chi connectivity index (χ3n) is 7.08. The van der Waals surface area contributed by atoms with Crippen LogP contribution in [0.15, 0.2) is 45.6 Å². The lowest BCUT2D eigenvalue weighted by atomic mass is 9.89. The average molecular weight is 554 g/mol. The van der Waals surface area contributed by atoms with Crippen LogP contribution in [0.25, 0.3) is 0 Å². The average Bonchev–Trinajstić information content (AvgIpc) is 3.25. The van der Waals surface area contributed by atoms with E-state index in [-0.39, 0.29) is 24.2 Å². The predicted octanol–water partition coefficient (Wildman–Crippen LogP) is 5.41. The van der Waals surface area contributed by atoms with Crippen LogP contribution in [0.1, 0.15) is 76.6 Å². The Kier molecular flexibility index (Phi) is 8.59. The van der Waals surface area contributed by atoms with Gasteiger partial charge in [-0.3, -0.25) is 9.59 Å². The number of hydrogen-bond acceptors (Lipinski definition) is 8. The van der Waals surface area contributed by atoms with Gasteiger partial charge in [0.15, 0.2) is 5.17 Å². The number of nitrogens with zero attached hydrogens (tertiary/aromatic N) is 3. The van der Waals surface area contributed by atoms with Crippen molar-refractivity contribution < 1.29 is 23.9 Å². The summed E-state index contributed by atoms with van der Waals surface area (Å²) < 4.78 is 11.1. The Morgan fingerprint density at radius 1 is 1.15 bits per heavy atom. The number of aliphatic imine (C=N–C) groups is 1. The van der Waals surface area contributed by atoms with Gasteiger partial charge in [0.1, 0.15) is 5.60 Å². The second-order valence-electron chi connectivity index (χ2n) is 11.4. The number of hydrogen-bond donors (Lipinski definition) is 0. The van der Waals surface area contributed by atoms with Crippen LogP contribution in [0, 0.1) is 19.8 Å². The molecule has 9 heteroatoms. The zero-order valence-corrected chi connectivity index (χ0v) is 24.8. The van der Waals surface area contributed by atoms with Crippen LogP contribution in [0.5, 0.6) is 0 Å². The molecule has 1 fully saturated rings. The zero-order chi connectivity index (χ0) is 28.5. The number of amides is 1. The lowest BCUT2D eigenvalue weighted by Crippen LogP contribution is -2.44. The SMILES string of the molecule is CCOC(=O)C1CCCN(C(=O)CC2=CSC3=NC(C)=C(C(=O)OC(C)(C)C)C(c4cc(C)ccc4C)N23)C1. The van der Waals surface area contributed by atoms with Gasteiger partial charge in [0.05, 0.1) is 36.3 Å². The first-order chi connectivity index (χ1) is 18.4. The van der Waals surface area contributed by atoms with E-state index in [1.54, 1.807) is 11.8 Å². The standard InChI is InChI=1S/C30H39N3O5S/c1-8-37-27(35)21-10-9-13-32(16-21)24(34)15-22-17-39-29-31-20(4)25(28(36)38-30(5,6)7)26(33(22)29)23-14-18(2)11-12-19(23)3/h11-12,14,17,21,26H,8-10,13,15-16H2,1-7H3. The number of amidine groups is 1. The largest absolute Gasteiger partial charge is 0.466 e. The predicted molar refractivity (Wildman–Crippen MR) is 153 cm³/mol. The Hall–Kier alpha value is -3.07. The van der Waals surface area contributed by atoms with E-state index < -0.39 is 17.6 Å². The van der Waals surface area contributed by atoms with E-state index in [1.807, 2.05) is 51.9 Å². The molecule has 0 aromatic heterocycles. The van der Waals surface area contributed by atoms with Gasteiger partial charge in [-0.25, -0.2) is 9.79 Å². The summed E-state index contributed by atoms with van der Waals surface area (Å²) in [4.78, 5) is 48.0. The Morgan fingerprint density at radius 3 is 2.59 bits per heavy atom. The van der Waals surface area contributed by atoms with Crippen molar-refractivity contribution in [1.29, 1.82) is 0 Å². The number of aryl methyl sites for hydroxylation is 2. The fourth-order valence-electron chi connectivity index (χ4n) is 5.24. The Morgan fingerprint density at radius 2 is 1.90 bits per heavy atom. The molecule has 2 atom stereocenters. The molecule has 2 unspecified atom stereocenters. The summed E-state index contributed by atoms with van der Waals surface area (Å²) >= 11 is 1.46. The molecular weight excluding hydrogens is 514 g/mol. The molecule has 1 aromatic carbocycles. The van der Waals surface area contributed by atoms with Crippen molar-refractivity contribution in [3.05, 3.63) is 57.3 Å². The number of ether oxygens (including phenoxy) is 2. The number of allylic oxidation sites excluding steroid dienone is 1. The first-order valence-electron chi connectivity index (χ1n) is 13.6. The van der Waals surface area contributed by atoms with Gasteiger partial charge in [0.2, 0.25) is 5.91 Å². The van der Waals surface area contributed by atoms with Gasteiger partial charge >= 0.3 is 11.9 Å². The van der Waals surface area contributed by atoms with Gasteiger partial charge in [0, 0.05) is 18.8 Å². The van der Waals surface area contributed by atoms with Gasteiger partial charge in [-0.2, -0.15) is 0 Å². The highest BCUT2D eigenvalue weighted by atomic mass is 32.2. The second-order valence-corrected chi connectivity index (χ2v) is 12.2. The van der Waals surface area contributed by atoms with Gasteiger partial charge in [-0.1, -0.05) is 35.5 Å². The number of carbonyl (C=O) groups is 3. The molecule has 0 radical (unpaired) electrons. The minimum absolute atomic E-state index is 0.0538. The molecule has 0 saturated carbocycles. The summed E-state index contributed by atoms with van der Waals surface area (Å²) in [5.41, 5.74) is 4.29. The second kappa shape index (κ2) is 11.6. The minimum Gasteiger partial charge on any atom is -0.466 e. The number of esters is 2. The van der Waals surface area contributed by atoms with Crippen molar-refractivity contribution in [1.82, 2.24) is 9.80 Å². The fraction of sp³-hybridized carbons (Fsp3) is 0.533. The molecule has 8 nitrogen and oxygen atoms in total. The van der Waals surface area contributed by atoms with Crippen molar-refractivity contribution in [2.24, 2.45) is 10.9 Å². The molecule has 210 valence electrons. The van der Waals surface area contributed by atoms with Crippen molar-refractivity contribution in [2.45, 2.75) is 79.4 Å². The summed E-state index contributed by atoms with van der Waals surface area (Å²) in [6.07, 6.45) is 1.63. The molecule has 0 aliphatic carbocycles. The first kappa shape index (κ1) is 28.9. The van der Waals surface area contributed by atoms with Crippen LogP contribution in [-0.4, -0.2) is 58.1 Å². The van der Waals surface area contributed by atoms with Gasteiger partial charge in [0.25, 0.3) is 0 Å². The normalized spacial score (nSPS) is 21.3.